The largest absolute Gasteiger partial charge is 0.430 e. The van der Waals surface area contributed by atoms with Gasteiger partial charge in [0.15, 0.2) is 0 Å². The van der Waals surface area contributed by atoms with E-state index in [0.717, 1.165) is 12.1 Å². The molecule has 0 aromatic heterocycles. The zero-order chi connectivity index (χ0) is 14.4. The van der Waals surface area contributed by atoms with Crippen LogP contribution >= 0.6 is 27.5 Å². The van der Waals surface area contributed by atoms with E-state index in [1.807, 2.05) is 0 Å². The van der Waals surface area contributed by atoms with Crippen LogP contribution in [0.25, 0.3) is 0 Å². The third-order valence-corrected chi connectivity index (χ3v) is 2.96. The van der Waals surface area contributed by atoms with Crippen molar-refractivity contribution in [2.45, 2.75) is 18.0 Å². The van der Waals surface area contributed by atoms with Gasteiger partial charge in [0.2, 0.25) is 0 Å². The lowest BCUT2D eigenvalue weighted by molar-refractivity contribution is -0.376. The molecule has 0 amide bonds. The van der Waals surface area contributed by atoms with Gasteiger partial charge in [0.25, 0.3) is 5.60 Å². The Bertz CT molecular complexity index is 441. The minimum absolute atomic E-state index is 0.0752. The number of hydrogen-bond donors (Lipinski definition) is 1. The first-order valence-corrected chi connectivity index (χ1v) is 5.39. The lowest BCUT2D eigenvalue weighted by Crippen LogP contribution is -2.54. The summed E-state index contributed by atoms with van der Waals surface area (Å²) >= 11 is 8.03. The highest BCUT2D eigenvalue weighted by Gasteiger charge is 2.72. The minimum Gasteiger partial charge on any atom is -0.369 e. The van der Waals surface area contributed by atoms with E-state index in [4.69, 9.17) is 16.7 Å². The van der Waals surface area contributed by atoms with Crippen LogP contribution in [0.1, 0.15) is 5.56 Å². The fourth-order valence-electron chi connectivity index (χ4n) is 1.24. The van der Waals surface area contributed by atoms with Crippen molar-refractivity contribution in [3.8, 4) is 0 Å². The number of benzene rings is 1. The van der Waals surface area contributed by atoms with Gasteiger partial charge in [-0.1, -0.05) is 27.5 Å². The zero-order valence-corrected chi connectivity index (χ0v) is 10.5. The van der Waals surface area contributed by atoms with Gasteiger partial charge < -0.3 is 5.11 Å². The number of alkyl halides is 6. The minimum atomic E-state index is -5.95. The average Bonchev–Trinajstić information content (AvgIpc) is 2.17. The van der Waals surface area contributed by atoms with Crippen LogP contribution in [0.2, 0.25) is 5.02 Å². The van der Waals surface area contributed by atoms with E-state index in [1.165, 1.54) is 0 Å². The summed E-state index contributed by atoms with van der Waals surface area (Å²) in [4.78, 5) is 0. The predicted molar refractivity (Wildman–Crippen MR) is 55.2 cm³/mol. The Labute approximate surface area is 110 Å². The van der Waals surface area contributed by atoms with Gasteiger partial charge in [-0.05, 0) is 18.2 Å². The van der Waals surface area contributed by atoms with Crippen LogP contribution in [0, 0.1) is 0 Å². The molecule has 0 aliphatic rings. The van der Waals surface area contributed by atoms with Gasteiger partial charge in [-0.3, -0.25) is 0 Å². The summed E-state index contributed by atoms with van der Waals surface area (Å²) in [6.45, 7) is 0. The molecule has 0 aliphatic heterocycles. The summed E-state index contributed by atoms with van der Waals surface area (Å²) in [6, 6.07) is 2.45. The van der Waals surface area contributed by atoms with Crippen molar-refractivity contribution in [1.82, 2.24) is 0 Å². The Morgan fingerprint density at radius 1 is 1.00 bits per heavy atom. The third-order valence-electron chi connectivity index (χ3n) is 2.14. The van der Waals surface area contributed by atoms with E-state index < -0.39 is 28.5 Å². The highest BCUT2D eigenvalue weighted by Crippen LogP contribution is 2.52. The van der Waals surface area contributed by atoms with E-state index in [1.54, 1.807) is 0 Å². The fraction of sp³-hybridized carbons (Fsp3) is 0.333. The summed E-state index contributed by atoms with van der Waals surface area (Å²) in [7, 11) is 0. The molecule has 9 heteroatoms. The van der Waals surface area contributed by atoms with Crippen LogP contribution in [0.15, 0.2) is 22.7 Å². The van der Waals surface area contributed by atoms with Gasteiger partial charge in [0.05, 0.1) is 0 Å². The quantitative estimate of drug-likeness (QED) is 0.738. The summed E-state index contributed by atoms with van der Waals surface area (Å²) in [5.41, 5.74) is -6.49. The van der Waals surface area contributed by atoms with Crippen LogP contribution in [-0.4, -0.2) is 17.5 Å². The van der Waals surface area contributed by atoms with E-state index in [0.29, 0.717) is 6.07 Å². The highest BCUT2D eigenvalue weighted by molar-refractivity contribution is 9.10. The molecule has 0 saturated heterocycles. The van der Waals surface area contributed by atoms with E-state index in [9.17, 15) is 26.3 Å². The first-order chi connectivity index (χ1) is 7.91. The topological polar surface area (TPSA) is 20.2 Å². The van der Waals surface area contributed by atoms with Crippen LogP contribution in [-0.2, 0) is 5.60 Å². The molecule has 0 heterocycles. The second-order valence-electron chi connectivity index (χ2n) is 3.33. The molecule has 1 rings (SSSR count). The molecular weight excluding hydrogens is 353 g/mol. The maximum Gasteiger partial charge on any atom is 0.430 e. The van der Waals surface area contributed by atoms with Crippen molar-refractivity contribution in [1.29, 1.82) is 0 Å². The number of aliphatic hydroxyl groups is 1. The molecule has 1 nitrogen and oxygen atoms in total. The van der Waals surface area contributed by atoms with Crippen molar-refractivity contribution in [3.05, 3.63) is 33.3 Å². The maximum absolute atomic E-state index is 12.6. The molecule has 0 bridgehead atoms. The molecule has 0 saturated carbocycles. The molecule has 1 aromatic rings. The van der Waals surface area contributed by atoms with Crippen molar-refractivity contribution >= 4 is 27.5 Å². The number of halogens is 8. The standard InChI is InChI=1S/C9H4BrClF6O/c10-4-1-2-6(11)5(3-4)7(18,8(12,13)14)9(15,16)17/h1-3,18H. The summed E-state index contributed by atoms with van der Waals surface area (Å²) in [5, 5.41) is 8.27. The lowest BCUT2D eigenvalue weighted by atomic mass is 9.92. The van der Waals surface area contributed by atoms with Crippen molar-refractivity contribution in [3.63, 3.8) is 0 Å². The van der Waals surface area contributed by atoms with E-state index in [2.05, 4.69) is 15.9 Å². The maximum atomic E-state index is 12.6. The van der Waals surface area contributed by atoms with Crippen LogP contribution in [0.4, 0.5) is 26.3 Å². The molecule has 102 valence electrons. The van der Waals surface area contributed by atoms with E-state index >= 15 is 0 Å². The Balaban J connectivity index is 3.61. The van der Waals surface area contributed by atoms with Crippen LogP contribution in [0.5, 0.6) is 0 Å². The molecule has 18 heavy (non-hydrogen) atoms. The SMILES string of the molecule is OC(c1cc(Br)ccc1Cl)(C(F)(F)F)C(F)(F)F. The Kier molecular flexibility index (Phi) is 3.96. The van der Waals surface area contributed by atoms with Crippen LogP contribution in [0.3, 0.4) is 0 Å². The summed E-state index contributed by atoms with van der Waals surface area (Å²) < 4.78 is 75.2. The van der Waals surface area contributed by atoms with Gasteiger partial charge in [-0.2, -0.15) is 26.3 Å². The predicted octanol–water partition coefficient (Wildman–Crippen LogP) is 4.41. The van der Waals surface area contributed by atoms with Gasteiger partial charge in [-0.15, -0.1) is 0 Å². The highest BCUT2D eigenvalue weighted by atomic mass is 79.9. The lowest BCUT2D eigenvalue weighted by Gasteiger charge is -2.33. The Hall–Kier alpha value is -0.470. The average molecular weight is 357 g/mol. The second kappa shape index (κ2) is 4.57. The first-order valence-electron chi connectivity index (χ1n) is 4.22. The van der Waals surface area contributed by atoms with Crippen molar-refractivity contribution in [2.24, 2.45) is 0 Å². The van der Waals surface area contributed by atoms with Crippen LogP contribution < -0.4 is 0 Å². The smallest absolute Gasteiger partial charge is 0.369 e. The molecule has 0 aliphatic carbocycles. The zero-order valence-electron chi connectivity index (χ0n) is 8.20. The Morgan fingerprint density at radius 2 is 1.44 bits per heavy atom. The number of hydrogen-bond acceptors (Lipinski definition) is 1. The molecule has 0 atom stereocenters. The monoisotopic (exact) mass is 356 g/mol. The fourth-order valence-corrected chi connectivity index (χ4v) is 1.86. The molecule has 0 fully saturated rings. The molecular formula is C9H4BrClF6O. The van der Waals surface area contributed by atoms with Crippen molar-refractivity contribution in [2.75, 3.05) is 0 Å². The molecule has 0 spiro atoms. The third kappa shape index (κ3) is 2.46. The summed E-state index contributed by atoms with van der Waals surface area (Å²) in [5.74, 6) is 0. The van der Waals surface area contributed by atoms with Gasteiger partial charge in [-0.25, -0.2) is 0 Å². The van der Waals surface area contributed by atoms with Gasteiger partial charge in [0, 0.05) is 15.1 Å². The Morgan fingerprint density at radius 3 is 1.83 bits per heavy atom. The van der Waals surface area contributed by atoms with Crippen molar-refractivity contribution < 1.29 is 31.4 Å². The van der Waals surface area contributed by atoms with Gasteiger partial charge >= 0.3 is 12.4 Å². The second-order valence-corrected chi connectivity index (χ2v) is 4.65. The summed E-state index contributed by atoms with van der Waals surface area (Å²) in [6.07, 6.45) is -11.9. The van der Waals surface area contributed by atoms with Gasteiger partial charge in [0.1, 0.15) is 0 Å². The first kappa shape index (κ1) is 15.6. The van der Waals surface area contributed by atoms with E-state index in [-0.39, 0.29) is 4.47 Å². The molecule has 1 aromatic carbocycles. The molecule has 1 N–H and O–H groups in total. The molecule has 0 radical (unpaired) electrons. The normalized spacial score (nSPS) is 13.8. The number of rotatable bonds is 1. The molecule has 0 unspecified atom stereocenters.